The fraction of sp³-hybridized carbons (Fsp3) is 1.00. The lowest BCUT2D eigenvalue weighted by atomic mass is 9.95. The van der Waals surface area contributed by atoms with Gasteiger partial charge in [0.05, 0.1) is 6.61 Å². The third-order valence-corrected chi connectivity index (χ3v) is 4.98. The molecule has 1 aliphatic heterocycles. The molecular formula is C14H28N2O2. The van der Waals surface area contributed by atoms with Gasteiger partial charge < -0.3 is 20.1 Å². The molecule has 0 amide bonds. The van der Waals surface area contributed by atoms with E-state index in [0.29, 0.717) is 6.04 Å². The van der Waals surface area contributed by atoms with Crippen molar-refractivity contribution in [3.63, 3.8) is 0 Å². The SMILES string of the molecule is CNC1(CO)CCC(N2CCC(COC)CC2)C1. The first-order chi connectivity index (χ1) is 8.73. The first-order valence-electron chi connectivity index (χ1n) is 7.26. The molecule has 0 spiro atoms. The Morgan fingerprint density at radius 3 is 2.56 bits per heavy atom. The van der Waals surface area contributed by atoms with Crippen LogP contribution in [0.25, 0.3) is 0 Å². The number of aliphatic hydroxyl groups is 1. The van der Waals surface area contributed by atoms with Crippen LogP contribution >= 0.6 is 0 Å². The molecule has 2 N–H and O–H groups in total. The number of likely N-dealkylation sites (N-methyl/N-ethyl adjacent to an activating group) is 1. The van der Waals surface area contributed by atoms with Crippen LogP contribution in [0, 0.1) is 5.92 Å². The van der Waals surface area contributed by atoms with Crippen molar-refractivity contribution in [1.29, 1.82) is 0 Å². The first kappa shape index (κ1) is 14.3. The maximum absolute atomic E-state index is 9.55. The minimum Gasteiger partial charge on any atom is -0.394 e. The van der Waals surface area contributed by atoms with Crippen LogP contribution in [0.1, 0.15) is 32.1 Å². The molecule has 0 aromatic carbocycles. The fourth-order valence-electron chi connectivity index (χ4n) is 3.58. The second-order valence-corrected chi connectivity index (χ2v) is 6.02. The highest BCUT2D eigenvalue weighted by Gasteiger charge is 2.40. The molecule has 1 heterocycles. The molecule has 106 valence electrons. The zero-order valence-corrected chi connectivity index (χ0v) is 11.8. The highest BCUT2D eigenvalue weighted by atomic mass is 16.5. The maximum atomic E-state index is 9.55. The Bertz CT molecular complexity index is 248. The quantitative estimate of drug-likeness (QED) is 0.765. The van der Waals surface area contributed by atoms with Crippen LogP contribution in [-0.4, -0.2) is 62.0 Å². The molecule has 1 saturated heterocycles. The van der Waals surface area contributed by atoms with Gasteiger partial charge in [0, 0.05) is 25.3 Å². The monoisotopic (exact) mass is 256 g/mol. The van der Waals surface area contributed by atoms with E-state index < -0.39 is 0 Å². The molecular weight excluding hydrogens is 228 g/mol. The van der Waals surface area contributed by atoms with Gasteiger partial charge in [-0.15, -0.1) is 0 Å². The van der Waals surface area contributed by atoms with E-state index in [-0.39, 0.29) is 12.1 Å². The van der Waals surface area contributed by atoms with Gasteiger partial charge in [-0.2, -0.15) is 0 Å². The summed E-state index contributed by atoms with van der Waals surface area (Å²) in [5.41, 5.74) is -0.0198. The van der Waals surface area contributed by atoms with Gasteiger partial charge in [-0.25, -0.2) is 0 Å². The standard InChI is InChI=1S/C14H28N2O2/c1-15-14(11-17)6-3-13(9-14)16-7-4-12(5-8-16)10-18-2/h12-13,15,17H,3-11H2,1-2H3. The normalized spacial score (nSPS) is 35.2. The highest BCUT2D eigenvalue weighted by molar-refractivity contribution is 4.99. The van der Waals surface area contributed by atoms with Crippen LogP contribution in [0.3, 0.4) is 0 Å². The average molecular weight is 256 g/mol. The van der Waals surface area contributed by atoms with Gasteiger partial charge in [0.1, 0.15) is 0 Å². The van der Waals surface area contributed by atoms with E-state index in [9.17, 15) is 5.11 Å². The van der Waals surface area contributed by atoms with Crippen molar-refractivity contribution in [1.82, 2.24) is 10.2 Å². The fourth-order valence-corrected chi connectivity index (χ4v) is 3.58. The molecule has 4 heteroatoms. The Hall–Kier alpha value is -0.160. The van der Waals surface area contributed by atoms with Gasteiger partial charge in [-0.3, -0.25) is 0 Å². The van der Waals surface area contributed by atoms with Crippen LogP contribution in [0.5, 0.6) is 0 Å². The molecule has 0 aromatic rings. The lowest BCUT2D eigenvalue weighted by Crippen LogP contribution is -2.47. The zero-order valence-electron chi connectivity index (χ0n) is 11.8. The molecule has 0 bridgehead atoms. The molecule has 1 aliphatic carbocycles. The summed E-state index contributed by atoms with van der Waals surface area (Å²) in [6, 6.07) is 0.660. The van der Waals surface area contributed by atoms with E-state index in [1.165, 1.54) is 32.4 Å². The van der Waals surface area contributed by atoms with E-state index in [1.807, 2.05) is 7.05 Å². The molecule has 4 nitrogen and oxygen atoms in total. The predicted molar refractivity (Wildman–Crippen MR) is 72.7 cm³/mol. The van der Waals surface area contributed by atoms with E-state index in [0.717, 1.165) is 25.4 Å². The lowest BCUT2D eigenvalue weighted by molar-refractivity contribution is 0.0760. The van der Waals surface area contributed by atoms with Crippen molar-refractivity contribution in [2.24, 2.45) is 5.92 Å². The summed E-state index contributed by atoms with van der Waals surface area (Å²) < 4.78 is 5.25. The number of piperidine rings is 1. The summed E-state index contributed by atoms with van der Waals surface area (Å²) in [7, 11) is 3.77. The van der Waals surface area contributed by atoms with Gasteiger partial charge in [0.15, 0.2) is 0 Å². The smallest absolute Gasteiger partial charge is 0.0613 e. The average Bonchev–Trinajstić information content (AvgIpc) is 2.85. The second kappa shape index (κ2) is 6.33. The van der Waals surface area contributed by atoms with Crippen molar-refractivity contribution in [2.45, 2.75) is 43.7 Å². The van der Waals surface area contributed by atoms with E-state index in [1.54, 1.807) is 7.11 Å². The summed E-state index contributed by atoms with van der Waals surface area (Å²) in [5, 5.41) is 12.9. The molecule has 0 aromatic heterocycles. The molecule has 2 rings (SSSR count). The Balaban J connectivity index is 1.81. The number of methoxy groups -OCH3 is 1. The third-order valence-electron chi connectivity index (χ3n) is 4.98. The minimum absolute atomic E-state index is 0.0198. The van der Waals surface area contributed by atoms with E-state index in [2.05, 4.69) is 10.2 Å². The van der Waals surface area contributed by atoms with Crippen molar-refractivity contribution < 1.29 is 9.84 Å². The molecule has 18 heavy (non-hydrogen) atoms. The van der Waals surface area contributed by atoms with Crippen LogP contribution in [0.15, 0.2) is 0 Å². The van der Waals surface area contributed by atoms with E-state index >= 15 is 0 Å². The van der Waals surface area contributed by atoms with Crippen LogP contribution in [0.2, 0.25) is 0 Å². The van der Waals surface area contributed by atoms with Crippen LogP contribution in [-0.2, 0) is 4.74 Å². The van der Waals surface area contributed by atoms with Crippen molar-refractivity contribution >= 4 is 0 Å². The van der Waals surface area contributed by atoms with Crippen molar-refractivity contribution in [2.75, 3.05) is 40.5 Å². The molecule has 2 atom stereocenters. The molecule has 2 aliphatic rings. The summed E-state index contributed by atoms with van der Waals surface area (Å²) in [4.78, 5) is 2.63. The number of hydrogen-bond donors (Lipinski definition) is 2. The minimum atomic E-state index is -0.0198. The number of rotatable bonds is 5. The summed E-state index contributed by atoms with van der Waals surface area (Å²) >= 11 is 0. The van der Waals surface area contributed by atoms with Crippen LogP contribution in [0.4, 0.5) is 0 Å². The molecule has 1 saturated carbocycles. The second-order valence-electron chi connectivity index (χ2n) is 6.02. The van der Waals surface area contributed by atoms with Gasteiger partial charge in [0.25, 0.3) is 0 Å². The number of hydrogen-bond acceptors (Lipinski definition) is 4. The third kappa shape index (κ3) is 3.05. The lowest BCUT2D eigenvalue weighted by Gasteiger charge is -2.37. The Kier molecular flexibility index (Phi) is 5.01. The summed E-state index contributed by atoms with van der Waals surface area (Å²) in [6.45, 7) is 3.57. The van der Waals surface area contributed by atoms with Gasteiger partial charge in [0.2, 0.25) is 0 Å². The number of nitrogens with zero attached hydrogens (tertiary/aromatic N) is 1. The highest BCUT2D eigenvalue weighted by Crippen LogP contribution is 2.34. The molecule has 0 radical (unpaired) electrons. The first-order valence-corrected chi connectivity index (χ1v) is 7.26. The Morgan fingerprint density at radius 2 is 2.06 bits per heavy atom. The van der Waals surface area contributed by atoms with Crippen molar-refractivity contribution in [3.05, 3.63) is 0 Å². The largest absolute Gasteiger partial charge is 0.394 e. The van der Waals surface area contributed by atoms with Gasteiger partial charge >= 0.3 is 0 Å². The molecule has 2 fully saturated rings. The Morgan fingerprint density at radius 1 is 1.33 bits per heavy atom. The Labute approximate surface area is 111 Å². The zero-order chi connectivity index (χ0) is 13.0. The molecule has 2 unspecified atom stereocenters. The van der Waals surface area contributed by atoms with E-state index in [4.69, 9.17) is 4.74 Å². The van der Waals surface area contributed by atoms with Gasteiger partial charge in [-0.1, -0.05) is 0 Å². The number of aliphatic hydroxyl groups excluding tert-OH is 1. The van der Waals surface area contributed by atoms with Gasteiger partial charge in [-0.05, 0) is 58.2 Å². The maximum Gasteiger partial charge on any atom is 0.0613 e. The predicted octanol–water partition coefficient (Wildman–Crippen LogP) is 0.848. The van der Waals surface area contributed by atoms with Crippen molar-refractivity contribution in [3.8, 4) is 0 Å². The number of nitrogens with one attached hydrogen (secondary N) is 1. The number of likely N-dealkylation sites (tertiary alicyclic amines) is 1. The topological polar surface area (TPSA) is 44.7 Å². The number of ether oxygens (including phenoxy) is 1. The summed E-state index contributed by atoms with van der Waals surface area (Å²) in [5.74, 6) is 0.750. The van der Waals surface area contributed by atoms with Crippen LogP contribution < -0.4 is 5.32 Å². The summed E-state index contributed by atoms with van der Waals surface area (Å²) in [6.07, 6.45) is 5.93.